The second-order valence-corrected chi connectivity index (χ2v) is 7.24. The highest BCUT2D eigenvalue weighted by atomic mass is 16.8. The molecular formula is C23H34O6. The second kappa shape index (κ2) is 12.4. The molecule has 0 bridgehead atoms. The molecule has 1 aliphatic heterocycles. The van der Waals surface area contributed by atoms with Crippen molar-refractivity contribution in [1.82, 2.24) is 0 Å². The van der Waals surface area contributed by atoms with Gasteiger partial charge in [-0.05, 0) is 40.0 Å². The van der Waals surface area contributed by atoms with E-state index in [1.165, 1.54) is 6.08 Å². The van der Waals surface area contributed by atoms with E-state index in [0.29, 0.717) is 19.3 Å². The molecule has 1 aliphatic rings. The summed E-state index contributed by atoms with van der Waals surface area (Å²) < 4.78 is 22.8. The summed E-state index contributed by atoms with van der Waals surface area (Å²) in [6.07, 6.45) is 9.35. The van der Waals surface area contributed by atoms with Crippen molar-refractivity contribution in [3.05, 3.63) is 49.6 Å². The predicted octanol–water partition coefficient (Wildman–Crippen LogP) is 4.41. The van der Waals surface area contributed by atoms with Gasteiger partial charge in [-0.25, -0.2) is 9.59 Å². The summed E-state index contributed by atoms with van der Waals surface area (Å²) in [4.78, 5) is 24.8. The Morgan fingerprint density at radius 2 is 1.86 bits per heavy atom. The molecule has 0 aliphatic carbocycles. The predicted molar refractivity (Wildman–Crippen MR) is 112 cm³/mol. The molecule has 1 heterocycles. The van der Waals surface area contributed by atoms with Crippen molar-refractivity contribution in [2.24, 2.45) is 0 Å². The number of carbonyl (C=O) groups excluding carboxylic acids is 2. The van der Waals surface area contributed by atoms with E-state index in [2.05, 4.69) is 13.2 Å². The van der Waals surface area contributed by atoms with Crippen LogP contribution >= 0.6 is 0 Å². The van der Waals surface area contributed by atoms with E-state index in [1.54, 1.807) is 44.2 Å². The van der Waals surface area contributed by atoms with Gasteiger partial charge in [-0.3, -0.25) is 0 Å². The first-order chi connectivity index (χ1) is 13.8. The number of esters is 2. The lowest BCUT2D eigenvalue weighted by Gasteiger charge is -2.27. The summed E-state index contributed by atoms with van der Waals surface area (Å²) in [6, 6.07) is 0. The average molecular weight is 407 g/mol. The van der Waals surface area contributed by atoms with Crippen LogP contribution in [0.3, 0.4) is 0 Å². The molecule has 0 saturated carbocycles. The van der Waals surface area contributed by atoms with Gasteiger partial charge >= 0.3 is 11.9 Å². The van der Waals surface area contributed by atoms with E-state index in [4.69, 9.17) is 18.9 Å². The van der Waals surface area contributed by atoms with Crippen molar-refractivity contribution in [2.75, 3.05) is 0 Å². The van der Waals surface area contributed by atoms with Gasteiger partial charge in [0, 0.05) is 6.08 Å². The molecule has 0 spiro atoms. The van der Waals surface area contributed by atoms with Gasteiger partial charge in [0.25, 0.3) is 0 Å². The summed E-state index contributed by atoms with van der Waals surface area (Å²) in [5, 5.41) is 0. The average Bonchev–Trinajstić information content (AvgIpc) is 2.99. The second-order valence-electron chi connectivity index (χ2n) is 7.24. The molecular weight excluding hydrogens is 372 g/mol. The molecule has 0 amide bonds. The van der Waals surface area contributed by atoms with Gasteiger partial charge in [-0.1, -0.05) is 43.7 Å². The first kappa shape index (κ1) is 24.9. The molecule has 6 heteroatoms. The molecule has 1 saturated heterocycles. The maximum atomic E-state index is 12.8. The molecule has 1 fully saturated rings. The van der Waals surface area contributed by atoms with E-state index in [1.807, 2.05) is 13.8 Å². The molecule has 29 heavy (non-hydrogen) atoms. The monoisotopic (exact) mass is 406 g/mol. The van der Waals surface area contributed by atoms with Gasteiger partial charge in [0.05, 0.1) is 0 Å². The normalized spacial score (nSPS) is 23.0. The highest BCUT2D eigenvalue weighted by Gasteiger charge is 2.45. The highest BCUT2D eigenvalue weighted by Crippen LogP contribution is 2.33. The maximum absolute atomic E-state index is 12.8. The van der Waals surface area contributed by atoms with Gasteiger partial charge in [0.2, 0.25) is 0 Å². The Morgan fingerprint density at radius 1 is 1.14 bits per heavy atom. The van der Waals surface area contributed by atoms with Crippen LogP contribution in [0.5, 0.6) is 0 Å². The molecule has 0 unspecified atom stereocenters. The van der Waals surface area contributed by atoms with Gasteiger partial charge in [0.15, 0.2) is 11.9 Å². The van der Waals surface area contributed by atoms with E-state index in [-0.39, 0.29) is 0 Å². The summed E-state index contributed by atoms with van der Waals surface area (Å²) in [7, 11) is 0. The molecule has 0 radical (unpaired) electrons. The third-order valence-electron chi connectivity index (χ3n) is 4.29. The van der Waals surface area contributed by atoms with Crippen molar-refractivity contribution in [3.63, 3.8) is 0 Å². The molecule has 1 rings (SSSR count). The molecule has 6 nitrogen and oxygen atoms in total. The van der Waals surface area contributed by atoms with E-state index in [9.17, 15) is 9.59 Å². The fourth-order valence-corrected chi connectivity index (χ4v) is 3.01. The Kier molecular flexibility index (Phi) is 10.6. The standard InChI is InChI=1S/C23H34O6/c1-7-11-13-16-20(24)26-19(15-12-8-2)22(25)27-18(14-9-3)21-17(10-4)28-23(5,6)29-21/h7-8,10-11,13,16-19,21H,2,4,9,12,14-15H2,1,3,5-6H3/b11-7+,16-13+/t17-,18+,19-,21-/m1/s1. The van der Waals surface area contributed by atoms with Crippen LogP contribution < -0.4 is 0 Å². The number of hydrogen-bond donors (Lipinski definition) is 0. The van der Waals surface area contributed by atoms with Gasteiger partial charge in [-0.15, -0.1) is 13.2 Å². The summed E-state index contributed by atoms with van der Waals surface area (Å²) in [5.41, 5.74) is 0. The van der Waals surface area contributed by atoms with Gasteiger partial charge < -0.3 is 18.9 Å². The smallest absolute Gasteiger partial charge is 0.347 e. The van der Waals surface area contributed by atoms with Gasteiger partial charge in [0.1, 0.15) is 18.3 Å². The Morgan fingerprint density at radius 3 is 2.45 bits per heavy atom. The lowest BCUT2D eigenvalue weighted by atomic mass is 10.0. The van der Waals surface area contributed by atoms with Crippen molar-refractivity contribution in [1.29, 1.82) is 0 Å². The zero-order valence-corrected chi connectivity index (χ0v) is 18.0. The number of ether oxygens (including phenoxy) is 4. The fourth-order valence-electron chi connectivity index (χ4n) is 3.01. The minimum Gasteiger partial charge on any atom is -0.457 e. The van der Waals surface area contributed by atoms with Crippen LogP contribution in [0.1, 0.15) is 53.4 Å². The third-order valence-corrected chi connectivity index (χ3v) is 4.29. The lowest BCUT2D eigenvalue weighted by molar-refractivity contribution is -0.182. The first-order valence-corrected chi connectivity index (χ1v) is 10.1. The number of hydrogen-bond acceptors (Lipinski definition) is 6. The van der Waals surface area contributed by atoms with E-state index in [0.717, 1.165) is 6.42 Å². The largest absolute Gasteiger partial charge is 0.457 e. The van der Waals surface area contributed by atoms with Crippen LogP contribution in [0.4, 0.5) is 0 Å². The summed E-state index contributed by atoms with van der Waals surface area (Å²) in [6.45, 7) is 14.9. The Labute approximate surface area is 174 Å². The van der Waals surface area contributed by atoms with Crippen LogP contribution in [0.25, 0.3) is 0 Å². The molecule has 162 valence electrons. The summed E-state index contributed by atoms with van der Waals surface area (Å²) in [5.74, 6) is -2.00. The Balaban J connectivity index is 2.90. The number of carbonyl (C=O) groups is 2. The van der Waals surface area contributed by atoms with Crippen molar-refractivity contribution < 1.29 is 28.5 Å². The Bertz CT molecular complexity index is 619. The SMILES string of the molecule is C=CCC[C@@H](OC(=O)/C=C/C=C/C)C(=O)O[C@@H](CCC)[C@@H]1OC(C)(C)O[C@@H]1C=C. The fraction of sp³-hybridized carbons (Fsp3) is 0.565. The zero-order valence-electron chi connectivity index (χ0n) is 18.0. The zero-order chi connectivity index (χ0) is 21.9. The Hall–Kier alpha value is -2.18. The van der Waals surface area contributed by atoms with Gasteiger partial charge in [-0.2, -0.15) is 0 Å². The number of rotatable bonds is 12. The van der Waals surface area contributed by atoms with Crippen LogP contribution in [-0.4, -0.2) is 42.1 Å². The highest BCUT2D eigenvalue weighted by molar-refractivity contribution is 5.85. The van der Waals surface area contributed by atoms with Crippen molar-refractivity contribution in [3.8, 4) is 0 Å². The molecule has 0 aromatic rings. The molecule has 0 aromatic heterocycles. The minimum absolute atomic E-state index is 0.294. The third kappa shape index (κ3) is 8.38. The molecule has 0 aromatic carbocycles. The minimum atomic E-state index is -1.02. The van der Waals surface area contributed by atoms with Crippen LogP contribution in [0, 0.1) is 0 Å². The van der Waals surface area contributed by atoms with Crippen molar-refractivity contribution in [2.45, 2.75) is 83.6 Å². The van der Waals surface area contributed by atoms with E-state index >= 15 is 0 Å². The lowest BCUT2D eigenvalue weighted by Crippen LogP contribution is -2.41. The van der Waals surface area contributed by atoms with Crippen LogP contribution in [0.2, 0.25) is 0 Å². The van der Waals surface area contributed by atoms with Crippen molar-refractivity contribution >= 4 is 11.9 Å². The maximum Gasteiger partial charge on any atom is 0.347 e. The topological polar surface area (TPSA) is 71.1 Å². The number of allylic oxidation sites excluding steroid dienone is 4. The van der Waals surface area contributed by atoms with Crippen LogP contribution in [-0.2, 0) is 28.5 Å². The van der Waals surface area contributed by atoms with E-state index < -0.39 is 42.1 Å². The van der Waals surface area contributed by atoms with Crippen LogP contribution in [0.15, 0.2) is 49.6 Å². The first-order valence-electron chi connectivity index (χ1n) is 10.1. The summed E-state index contributed by atoms with van der Waals surface area (Å²) >= 11 is 0. The molecule has 0 N–H and O–H groups in total. The molecule has 4 atom stereocenters. The quantitative estimate of drug-likeness (QED) is 0.207.